The van der Waals surface area contributed by atoms with Gasteiger partial charge in [0, 0.05) is 16.7 Å². The average molecular weight is 355 g/mol. The molecule has 2 aromatic carbocycles. The predicted octanol–water partition coefficient (Wildman–Crippen LogP) is 4.70. The van der Waals surface area contributed by atoms with Gasteiger partial charge in [-0.2, -0.15) is 0 Å². The number of thiazole rings is 1. The van der Waals surface area contributed by atoms with Crippen molar-refractivity contribution in [2.24, 2.45) is 0 Å². The number of aromatic nitrogens is 1. The first-order chi connectivity index (χ1) is 11.7. The number of benzene rings is 2. The second kappa shape index (κ2) is 6.30. The molecule has 0 aliphatic rings. The van der Waals surface area contributed by atoms with Crippen molar-refractivity contribution < 1.29 is 9.15 Å². The molecule has 120 valence electrons. The molecule has 2 aromatic heterocycles. The summed E-state index contributed by atoms with van der Waals surface area (Å²) in [6.45, 7) is 0. The van der Waals surface area contributed by atoms with Crippen LogP contribution >= 0.6 is 23.1 Å². The number of thioether (sulfide) groups is 1. The van der Waals surface area contributed by atoms with Gasteiger partial charge in [-0.3, -0.25) is 0 Å². The molecule has 0 saturated carbocycles. The van der Waals surface area contributed by atoms with Crippen LogP contribution < -0.4 is 10.4 Å². The van der Waals surface area contributed by atoms with Gasteiger partial charge in [0.15, 0.2) is 15.7 Å². The van der Waals surface area contributed by atoms with E-state index in [-0.39, 0.29) is 5.63 Å². The third-order valence-corrected chi connectivity index (χ3v) is 5.87. The van der Waals surface area contributed by atoms with Crippen molar-refractivity contribution in [1.82, 2.24) is 4.98 Å². The smallest absolute Gasteiger partial charge is 0.340 e. The van der Waals surface area contributed by atoms with Crippen LogP contribution in [0, 0.1) is 0 Å². The van der Waals surface area contributed by atoms with Crippen molar-refractivity contribution in [3.63, 3.8) is 0 Å². The van der Waals surface area contributed by atoms with Crippen molar-refractivity contribution in [3.05, 3.63) is 64.5 Å². The van der Waals surface area contributed by atoms with E-state index in [2.05, 4.69) is 4.98 Å². The summed E-state index contributed by atoms with van der Waals surface area (Å²) >= 11 is 3.18. The number of methoxy groups -OCH3 is 1. The average Bonchev–Trinajstić information content (AvgIpc) is 3.02. The van der Waals surface area contributed by atoms with Crippen LogP contribution in [-0.2, 0) is 5.75 Å². The van der Waals surface area contributed by atoms with Crippen LogP contribution in [0.25, 0.3) is 21.2 Å². The van der Waals surface area contributed by atoms with E-state index in [0.717, 1.165) is 19.9 Å². The Kier molecular flexibility index (Phi) is 4.00. The molecule has 0 radical (unpaired) electrons. The second-order valence-electron chi connectivity index (χ2n) is 5.17. The maximum atomic E-state index is 12.2. The molecule has 4 rings (SSSR count). The molecule has 0 spiro atoms. The molecule has 0 fully saturated rings. The molecule has 0 atom stereocenters. The van der Waals surface area contributed by atoms with Crippen molar-refractivity contribution in [1.29, 1.82) is 0 Å². The van der Waals surface area contributed by atoms with Gasteiger partial charge in [0.1, 0.15) is 0 Å². The zero-order valence-electron chi connectivity index (χ0n) is 12.8. The summed E-state index contributed by atoms with van der Waals surface area (Å²) < 4.78 is 12.8. The Hall–Kier alpha value is -2.31. The Morgan fingerprint density at radius 1 is 1.21 bits per heavy atom. The van der Waals surface area contributed by atoms with E-state index < -0.39 is 0 Å². The molecule has 0 aliphatic heterocycles. The van der Waals surface area contributed by atoms with Gasteiger partial charge >= 0.3 is 5.63 Å². The minimum atomic E-state index is -0.333. The number of rotatable bonds is 4. The highest BCUT2D eigenvalue weighted by Gasteiger charge is 2.11. The molecule has 6 heteroatoms. The first-order valence-electron chi connectivity index (χ1n) is 7.33. The molecular formula is C18H13NO3S2. The minimum absolute atomic E-state index is 0.333. The number of ether oxygens (including phenoxy) is 1. The van der Waals surface area contributed by atoms with Gasteiger partial charge in [0.05, 0.1) is 17.3 Å². The van der Waals surface area contributed by atoms with Gasteiger partial charge in [-0.15, -0.1) is 11.3 Å². The van der Waals surface area contributed by atoms with Crippen LogP contribution in [-0.4, -0.2) is 12.1 Å². The predicted molar refractivity (Wildman–Crippen MR) is 98.2 cm³/mol. The number of hydrogen-bond donors (Lipinski definition) is 0. The van der Waals surface area contributed by atoms with Gasteiger partial charge in [-0.05, 0) is 24.3 Å². The number of para-hydroxylation sites is 2. The molecule has 4 aromatic rings. The lowest BCUT2D eigenvalue weighted by molar-refractivity contribution is 0.406. The van der Waals surface area contributed by atoms with E-state index in [1.807, 2.05) is 42.5 Å². The zero-order valence-corrected chi connectivity index (χ0v) is 14.4. The first kappa shape index (κ1) is 15.2. The molecule has 0 unspecified atom stereocenters. The van der Waals surface area contributed by atoms with Crippen LogP contribution in [0.1, 0.15) is 5.56 Å². The Bertz CT molecular complexity index is 1050. The van der Waals surface area contributed by atoms with Crippen molar-refractivity contribution in [2.75, 3.05) is 7.11 Å². The molecule has 0 saturated heterocycles. The Balaban J connectivity index is 1.64. The maximum absolute atomic E-state index is 12.2. The van der Waals surface area contributed by atoms with Gasteiger partial charge in [0.2, 0.25) is 0 Å². The second-order valence-corrected chi connectivity index (χ2v) is 7.43. The summed E-state index contributed by atoms with van der Waals surface area (Å²) in [7, 11) is 1.56. The Labute approximate surface area is 146 Å². The summed E-state index contributed by atoms with van der Waals surface area (Å²) in [6, 6.07) is 15.4. The normalized spacial score (nSPS) is 11.2. The largest absolute Gasteiger partial charge is 0.493 e. The highest BCUT2D eigenvalue weighted by Crippen LogP contribution is 2.32. The lowest BCUT2D eigenvalue weighted by Gasteiger charge is -2.05. The summed E-state index contributed by atoms with van der Waals surface area (Å²) in [5, 5.41) is 0.855. The van der Waals surface area contributed by atoms with Gasteiger partial charge < -0.3 is 9.15 Å². The standard InChI is InChI=1S/C18H13NO3S2/c1-21-14-7-4-5-11-9-12(17(20)22-16(11)14)10-23-18-19-13-6-2-3-8-15(13)24-18/h2-9H,10H2,1H3. The zero-order chi connectivity index (χ0) is 16.5. The van der Waals surface area contributed by atoms with E-state index in [1.54, 1.807) is 36.3 Å². The lowest BCUT2D eigenvalue weighted by atomic mass is 10.2. The van der Waals surface area contributed by atoms with Crippen molar-refractivity contribution in [3.8, 4) is 5.75 Å². The Morgan fingerprint density at radius 2 is 2.08 bits per heavy atom. The Morgan fingerprint density at radius 3 is 2.92 bits per heavy atom. The fourth-order valence-corrected chi connectivity index (χ4v) is 4.50. The third-order valence-electron chi connectivity index (χ3n) is 3.64. The van der Waals surface area contributed by atoms with Crippen molar-refractivity contribution >= 4 is 44.3 Å². The van der Waals surface area contributed by atoms with Crippen LogP contribution in [0.5, 0.6) is 5.75 Å². The number of hydrogen-bond acceptors (Lipinski definition) is 6. The molecule has 4 nitrogen and oxygen atoms in total. The van der Waals surface area contributed by atoms with E-state index >= 15 is 0 Å². The van der Waals surface area contributed by atoms with Crippen LogP contribution in [0.3, 0.4) is 0 Å². The van der Waals surface area contributed by atoms with Crippen molar-refractivity contribution in [2.45, 2.75) is 10.1 Å². The molecular weight excluding hydrogens is 342 g/mol. The summed E-state index contributed by atoms with van der Waals surface area (Å²) in [6.07, 6.45) is 0. The molecule has 24 heavy (non-hydrogen) atoms. The van der Waals surface area contributed by atoms with Gasteiger partial charge in [0.25, 0.3) is 0 Å². The highest BCUT2D eigenvalue weighted by atomic mass is 32.2. The van der Waals surface area contributed by atoms with E-state index in [9.17, 15) is 4.79 Å². The van der Waals surface area contributed by atoms with Crippen LogP contribution in [0.15, 0.2) is 62.1 Å². The molecule has 2 heterocycles. The fraction of sp³-hybridized carbons (Fsp3) is 0.111. The summed E-state index contributed by atoms with van der Waals surface area (Å²) in [5.74, 6) is 1.09. The minimum Gasteiger partial charge on any atom is -0.493 e. The number of fused-ring (bicyclic) bond motifs is 2. The maximum Gasteiger partial charge on any atom is 0.340 e. The topological polar surface area (TPSA) is 52.3 Å². The quantitative estimate of drug-likeness (QED) is 0.392. The lowest BCUT2D eigenvalue weighted by Crippen LogP contribution is -2.06. The van der Waals surface area contributed by atoms with Crippen LogP contribution in [0.2, 0.25) is 0 Å². The monoisotopic (exact) mass is 355 g/mol. The third kappa shape index (κ3) is 2.79. The van der Waals surface area contributed by atoms with Gasteiger partial charge in [-0.1, -0.05) is 36.0 Å². The highest BCUT2D eigenvalue weighted by molar-refractivity contribution is 8.00. The van der Waals surface area contributed by atoms with E-state index in [4.69, 9.17) is 9.15 Å². The molecule has 0 bridgehead atoms. The molecule has 0 N–H and O–H groups in total. The van der Waals surface area contributed by atoms with E-state index in [1.165, 1.54) is 0 Å². The fourth-order valence-electron chi connectivity index (χ4n) is 2.47. The summed E-state index contributed by atoms with van der Waals surface area (Å²) in [4.78, 5) is 16.8. The SMILES string of the molecule is COc1cccc2cc(CSc3nc4ccccc4s3)c(=O)oc12. The molecule has 0 amide bonds. The van der Waals surface area contributed by atoms with Gasteiger partial charge in [-0.25, -0.2) is 9.78 Å². The number of nitrogens with zero attached hydrogens (tertiary/aromatic N) is 1. The summed E-state index contributed by atoms with van der Waals surface area (Å²) in [5.41, 5.74) is 1.76. The first-order valence-corrected chi connectivity index (χ1v) is 9.13. The van der Waals surface area contributed by atoms with E-state index in [0.29, 0.717) is 22.6 Å². The molecule has 0 aliphatic carbocycles. The van der Waals surface area contributed by atoms with Crippen LogP contribution in [0.4, 0.5) is 0 Å².